The van der Waals surface area contributed by atoms with Crippen molar-refractivity contribution < 1.29 is 44.2 Å². The normalized spacial score (nSPS) is 19.9. The van der Waals surface area contributed by atoms with E-state index in [4.69, 9.17) is 18.9 Å². The second-order valence-electron chi connectivity index (χ2n) is 18.3. The monoisotopic (exact) mass is 893 g/mol. The van der Waals surface area contributed by atoms with E-state index in [0.717, 1.165) is 44.9 Å². The number of aliphatic hydroxyl groups is 4. The number of hydrogen-bond acceptors (Lipinski definition) is 9. The summed E-state index contributed by atoms with van der Waals surface area (Å²) in [4.78, 5) is 12.8. The molecule has 4 N–H and O–H groups in total. The number of allylic oxidation sites excluding steroid dienone is 6. The van der Waals surface area contributed by atoms with Gasteiger partial charge in [0.1, 0.15) is 30.5 Å². The highest BCUT2D eigenvalue weighted by atomic mass is 16.7. The topological polar surface area (TPSA) is 135 Å². The molecule has 0 radical (unpaired) electrons. The van der Waals surface area contributed by atoms with E-state index in [1.54, 1.807) is 0 Å². The van der Waals surface area contributed by atoms with Gasteiger partial charge in [0.05, 0.1) is 19.8 Å². The van der Waals surface area contributed by atoms with Gasteiger partial charge in [-0.2, -0.15) is 0 Å². The molecule has 1 fully saturated rings. The fourth-order valence-corrected chi connectivity index (χ4v) is 8.15. The third-order valence-corrected chi connectivity index (χ3v) is 12.3. The lowest BCUT2D eigenvalue weighted by Crippen LogP contribution is -2.59. The lowest BCUT2D eigenvalue weighted by molar-refractivity contribution is -0.305. The molecule has 0 spiro atoms. The van der Waals surface area contributed by atoms with Crippen molar-refractivity contribution in [2.24, 2.45) is 0 Å². The Hall–Kier alpha value is -1.59. The summed E-state index contributed by atoms with van der Waals surface area (Å²) in [6.07, 6.45) is 48.9. The highest BCUT2D eigenvalue weighted by Crippen LogP contribution is 2.23. The van der Waals surface area contributed by atoms with Gasteiger partial charge < -0.3 is 39.4 Å². The minimum absolute atomic E-state index is 0.113. The molecule has 1 aliphatic rings. The molecule has 0 amide bonds. The van der Waals surface area contributed by atoms with Gasteiger partial charge in [-0.15, -0.1) is 0 Å². The maximum Gasteiger partial charge on any atom is 0.306 e. The smallest absolute Gasteiger partial charge is 0.306 e. The fourth-order valence-electron chi connectivity index (χ4n) is 8.15. The largest absolute Gasteiger partial charge is 0.457 e. The van der Waals surface area contributed by atoms with E-state index in [0.29, 0.717) is 13.0 Å². The Morgan fingerprint density at radius 1 is 0.508 bits per heavy atom. The van der Waals surface area contributed by atoms with Crippen molar-refractivity contribution >= 4 is 5.97 Å². The number of rotatable bonds is 46. The van der Waals surface area contributed by atoms with Gasteiger partial charge in [0, 0.05) is 13.0 Å². The first-order chi connectivity index (χ1) is 30.9. The molecule has 0 aromatic heterocycles. The van der Waals surface area contributed by atoms with Crippen LogP contribution < -0.4 is 0 Å². The van der Waals surface area contributed by atoms with Gasteiger partial charge in [-0.25, -0.2) is 0 Å². The molecule has 0 bridgehead atoms. The molecule has 6 atom stereocenters. The molecule has 1 aliphatic heterocycles. The summed E-state index contributed by atoms with van der Waals surface area (Å²) in [6, 6.07) is 0. The van der Waals surface area contributed by atoms with Gasteiger partial charge in [0.2, 0.25) is 0 Å². The van der Waals surface area contributed by atoms with Crippen LogP contribution in [0.4, 0.5) is 0 Å². The van der Waals surface area contributed by atoms with Crippen LogP contribution in [-0.4, -0.2) is 89.6 Å². The zero-order valence-electron chi connectivity index (χ0n) is 40.8. The fraction of sp³-hybridized carbons (Fsp3) is 0.870. The Morgan fingerprint density at radius 3 is 1.38 bits per heavy atom. The average Bonchev–Trinajstić information content (AvgIpc) is 3.28. The minimum atomic E-state index is -1.54. The van der Waals surface area contributed by atoms with E-state index < -0.39 is 43.4 Å². The van der Waals surface area contributed by atoms with E-state index in [9.17, 15) is 25.2 Å². The molecule has 9 heteroatoms. The summed E-state index contributed by atoms with van der Waals surface area (Å²) in [5.41, 5.74) is 0. The number of unbranched alkanes of at least 4 members (excludes halogenated alkanes) is 29. The number of esters is 1. The van der Waals surface area contributed by atoms with Crippen LogP contribution in [0.5, 0.6) is 0 Å². The highest BCUT2D eigenvalue weighted by molar-refractivity contribution is 5.69. The molecule has 9 nitrogen and oxygen atoms in total. The van der Waals surface area contributed by atoms with Crippen LogP contribution in [0.1, 0.15) is 239 Å². The molecule has 0 aliphatic carbocycles. The average molecular weight is 893 g/mol. The van der Waals surface area contributed by atoms with E-state index >= 15 is 0 Å². The molecule has 1 saturated heterocycles. The van der Waals surface area contributed by atoms with Gasteiger partial charge in [0.15, 0.2) is 6.29 Å². The minimum Gasteiger partial charge on any atom is -0.457 e. The number of carbonyl (C=O) groups excluding carboxylic acids is 1. The third-order valence-electron chi connectivity index (χ3n) is 12.3. The molecule has 370 valence electrons. The summed E-state index contributed by atoms with van der Waals surface area (Å²) in [5.74, 6) is -0.312. The lowest BCUT2D eigenvalue weighted by atomic mass is 9.99. The van der Waals surface area contributed by atoms with Crippen molar-refractivity contribution in [2.45, 2.75) is 275 Å². The second-order valence-corrected chi connectivity index (χ2v) is 18.3. The Labute approximate surface area is 387 Å². The molecule has 6 unspecified atom stereocenters. The van der Waals surface area contributed by atoms with Crippen molar-refractivity contribution in [3.63, 3.8) is 0 Å². The summed E-state index contributed by atoms with van der Waals surface area (Å²) in [7, 11) is 0. The van der Waals surface area contributed by atoms with Crippen LogP contribution in [0.25, 0.3) is 0 Å². The van der Waals surface area contributed by atoms with Crippen LogP contribution in [-0.2, 0) is 23.7 Å². The van der Waals surface area contributed by atoms with Crippen molar-refractivity contribution in [1.82, 2.24) is 0 Å². The number of hydrogen-bond donors (Lipinski definition) is 4. The number of ether oxygens (including phenoxy) is 4. The summed E-state index contributed by atoms with van der Waals surface area (Å²) in [6.45, 7) is 4.57. The van der Waals surface area contributed by atoms with Crippen LogP contribution in [0.15, 0.2) is 36.5 Å². The molecule has 0 saturated carbocycles. The zero-order valence-corrected chi connectivity index (χ0v) is 40.8. The Bertz CT molecular complexity index is 1060. The molecular formula is C54H100O9. The van der Waals surface area contributed by atoms with Crippen LogP contribution in [0, 0.1) is 0 Å². The van der Waals surface area contributed by atoms with Crippen LogP contribution in [0.3, 0.4) is 0 Å². The predicted molar refractivity (Wildman–Crippen MR) is 261 cm³/mol. The highest BCUT2D eigenvalue weighted by Gasteiger charge is 2.44. The van der Waals surface area contributed by atoms with E-state index in [-0.39, 0.29) is 19.2 Å². The lowest BCUT2D eigenvalue weighted by Gasteiger charge is -2.39. The van der Waals surface area contributed by atoms with E-state index in [1.807, 2.05) is 0 Å². The van der Waals surface area contributed by atoms with Gasteiger partial charge in [-0.1, -0.05) is 217 Å². The second kappa shape index (κ2) is 45.6. The zero-order chi connectivity index (χ0) is 45.7. The van der Waals surface area contributed by atoms with E-state index in [2.05, 4.69) is 50.3 Å². The van der Waals surface area contributed by atoms with Gasteiger partial charge >= 0.3 is 5.97 Å². The molecular weight excluding hydrogens is 793 g/mol. The molecule has 1 heterocycles. The molecule has 0 aromatic rings. The van der Waals surface area contributed by atoms with Crippen molar-refractivity contribution in [1.29, 1.82) is 0 Å². The maximum absolute atomic E-state index is 12.8. The van der Waals surface area contributed by atoms with Gasteiger partial charge in [-0.3, -0.25) is 4.79 Å². The van der Waals surface area contributed by atoms with Crippen LogP contribution >= 0.6 is 0 Å². The first-order valence-corrected chi connectivity index (χ1v) is 26.6. The summed E-state index contributed by atoms with van der Waals surface area (Å²) >= 11 is 0. The number of carbonyl (C=O) groups is 1. The Morgan fingerprint density at radius 2 is 0.921 bits per heavy atom. The van der Waals surface area contributed by atoms with Gasteiger partial charge in [-0.05, 0) is 51.4 Å². The quantitative estimate of drug-likeness (QED) is 0.0268. The summed E-state index contributed by atoms with van der Waals surface area (Å²) in [5, 5.41) is 40.3. The predicted octanol–water partition coefficient (Wildman–Crippen LogP) is 13.1. The van der Waals surface area contributed by atoms with Crippen molar-refractivity contribution in [3.05, 3.63) is 36.5 Å². The Kier molecular flexibility index (Phi) is 43.0. The van der Waals surface area contributed by atoms with Gasteiger partial charge in [0.25, 0.3) is 0 Å². The van der Waals surface area contributed by atoms with Crippen LogP contribution in [0.2, 0.25) is 0 Å². The van der Waals surface area contributed by atoms with Crippen molar-refractivity contribution in [3.8, 4) is 0 Å². The molecule has 1 rings (SSSR count). The molecule has 63 heavy (non-hydrogen) atoms. The van der Waals surface area contributed by atoms with Crippen molar-refractivity contribution in [2.75, 3.05) is 26.4 Å². The molecule has 0 aromatic carbocycles. The summed E-state index contributed by atoms with van der Waals surface area (Å²) < 4.78 is 22.9. The SMILES string of the molecule is CCCCCCC/C=C\C/C=C\C/C=C\CCCCCCCCCCCOCC(COC1OC(CO)C(O)C(O)C1O)OC(=O)CCCCCCCCCCCCCCCCCC. The maximum atomic E-state index is 12.8. The number of aliphatic hydroxyl groups excluding tert-OH is 4. The Balaban J connectivity index is 2.18. The standard InChI is InChI=1S/C54H100O9/c1-3-5-7-9-11-13-15-17-19-21-22-23-24-25-26-27-28-30-32-34-36-38-40-42-44-60-46-48(47-61-54-53(59)52(58)51(57)49(45-55)63-54)62-50(56)43-41-39-37-35-33-31-29-20-18-16-14-12-10-8-6-4-2/h15,17,21-22,24-25,48-49,51-55,57-59H,3-14,16,18-20,23,26-47H2,1-2H3/b17-15-,22-21-,25-24-. The first-order valence-electron chi connectivity index (χ1n) is 26.6. The first kappa shape index (κ1) is 59.4. The van der Waals surface area contributed by atoms with E-state index in [1.165, 1.54) is 173 Å². The third kappa shape index (κ3) is 36.2.